The highest BCUT2D eigenvalue weighted by molar-refractivity contribution is 7.18. The van der Waals surface area contributed by atoms with Crippen LogP contribution in [-0.2, 0) is 6.54 Å². The van der Waals surface area contributed by atoms with Crippen LogP contribution in [0.1, 0.15) is 33.8 Å². The Kier molecular flexibility index (Phi) is 3.23. The third kappa shape index (κ3) is 2.25. The highest BCUT2D eigenvalue weighted by Gasteiger charge is 2.23. The average Bonchev–Trinajstić information content (AvgIpc) is 3.02. The third-order valence-electron chi connectivity index (χ3n) is 4.56. The maximum Gasteiger partial charge on any atom is 0.262 e. The van der Waals surface area contributed by atoms with Gasteiger partial charge >= 0.3 is 0 Å². The van der Waals surface area contributed by atoms with E-state index in [0.717, 1.165) is 40.1 Å². The molecule has 0 radical (unpaired) electrons. The van der Waals surface area contributed by atoms with Crippen LogP contribution < -0.4 is 5.56 Å². The van der Waals surface area contributed by atoms with Gasteiger partial charge in [0.2, 0.25) is 0 Å². The van der Waals surface area contributed by atoms with Crippen LogP contribution in [0, 0.1) is 20.8 Å². The molecule has 1 aromatic carbocycles. The van der Waals surface area contributed by atoms with E-state index in [0.29, 0.717) is 0 Å². The minimum atomic E-state index is 0.111. The van der Waals surface area contributed by atoms with Gasteiger partial charge in [-0.05, 0) is 50.0 Å². The SMILES string of the molecule is Cc1cccc(/C=C2/CCn3c2nc2sc(C)c(C)c2c3=O)c1. The molecule has 0 N–H and O–H groups in total. The monoisotopic (exact) mass is 322 g/mol. The van der Waals surface area contributed by atoms with Gasteiger partial charge < -0.3 is 0 Å². The first kappa shape index (κ1) is 14.4. The van der Waals surface area contributed by atoms with Crippen LogP contribution in [0.25, 0.3) is 21.9 Å². The summed E-state index contributed by atoms with van der Waals surface area (Å²) in [5.41, 5.74) is 4.75. The summed E-state index contributed by atoms with van der Waals surface area (Å²) in [7, 11) is 0. The fourth-order valence-electron chi connectivity index (χ4n) is 3.22. The molecule has 0 bridgehead atoms. The Labute approximate surface area is 138 Å². The molecule has 23 heavy (non-hydrogen) atoms. The van der Waals surface area contributed by atoms with Gasteiger partial charge in [-0.3, -0.25) is 9.36 Å². The van der Waals surface area contributed by atoms with Gasteiger partial charge in [-0.2, -0.15) is 0 Å². The Morgan fingerprint density at radius 3 is 2.87 bits per heavy atom. The minimum Gasteiger partial charge on any atom is -0.292 e. The summed E-state index contributed by atoms with van der Waals surface area (Å²) >= 11 is 1.62. The van der Waals surface area contributed by atoms with Crippen molar-refractivity contribution >= 4 is 33.2 Å². The maximum absolute atomic E-state index is 12.8. The number of nitrogens with zero attached hydrogens (tertiary/aromatic N) is 2. The number of aromatic nitrogens is 2. The molecule has 0 fully saturated rings. The van der Waals surface area contributed by atoms with Crippen molar-refractivity contribution in [2.45, 2.75) is 33.7 Å². The first-order valence-corrected chi connectivity index (χ1v) is 8.64. The van der Waals surface area contributed by atoms with Gasteiger partial charge in [-0.1, -0.05) is 29.8 Å². The topological polar surface area (TPSA) is 34.9 Å². The minimum absolute atomic E-state index is 0.111. The van der Waals surface area contributed by atoms with Crippen molar-refractivity contribution in [2.24, 2.45) is 0 Å². The first-order chi connectivity index (χ1) is 11.0. The average molecular weight is 322 g/mol. The number of hydrogen-bond acceptors (Lipinski definition) is 3. The summed E-state index contributed by atoms with van der Waals surface area (Å²) in [4.78, 5) is 19.7. The van der Waals surface area contributed by atoms with Crippen molar-refractivity contribution in [3.8, 4) is 0 Å². The number of thiophene rings is 1. The van der Waals surface area contributed by atoms with Gasteiger partial charge in [0.1, 0.15) is 10.7 Å². The molecule has 4 heteroatoms. The van der Waals surface area contributed by atoms with Crippen molar-refractivity contribution < 1.29 is 0 Å². The molecule has 1 aliphatic heterocycles. The zero-order valence-corrected chi connectivity index (χ0v) is 14.3. The summed E-state index contributed by atoms with van der Waals surface area (Å²) in [5, 5.41) is 0.799. The van der Waals surface area contributed by atoms with Crippen molar-refractivity contribution in [3.63, 3.8) is 0 Å². The largest absolute Gasteiger partial charge is 0.292 e. The summed E-state index contributed by atoms with van der Waals surface area (Å²) < 4.78 is 1.84. The molecule has 2 aromatic heterocycles. The molecule has 0 saturated carbocycles. The summed E-state index contributed by atoms with van der Waals surface area (Å²) in [6.45, 7) is 6.89. The molecule has 0 aliphatic carbocycles. The standard InChI is InChI=1S/C19H18N2OS/c1-11-5-4-6-14(9-11)10-15-7-8-21-17(15)20-18-16(19(21)22)12(2)13(3)23-18/h4-6,9-10H,7-8H2,1-3H3/b15-10-. The lowest BCUT2D eigenvalue weighted by Crippen LogP contribution is -2.20. The van der Waals surface area contributed by atoms with Crippen LogP contribution in [0.2, 0.25) is 0 Å². The number of hydrogen-bond donors (Lipinski definition) is 0. The molecule has 4 rings (SSSR count). The predicted molar refractivity (Wildman–Crippen MR) is 97.0 cm³/mol. The van der Waals surface area contributed by atoms with Crippen molar-refractivity contribution in [3.05, 3.63) is 62.0 Å². The van der Waals surface area contributed by atoms with Crippen LogP contribution in [0.3, 0.4) is 0 Å². The van der Waals surface area contributed by atoms with Gasteiger partial charge in [-0.25, -0.2) is 4.98 Å². The van der Waals surface area contributed by atoms with E-state index in [1.165, 1.54) is 16.0 Å². The van der Waals surface area contributed by atoms with Crippen molar-refractivity contribution in [1.29, 1.82) is 0 Å². The molecule has 1 aliphatic rings. The lowest BCUT2D eigenvalue weighted by atomic mass is 10.1. The fraction of sp³-hybridized carbons (Fsp3) is 0.263. The first-order valence-electron chi connectivity index (χ1n) is 7.83. The highest BCUT2D eigenvalue weighted by Crippen LogP contribution is 2.31. The van der Waals surface area contributed by atoms with E-state index < -0.39 is 0 Å². The normalized spacial score (nSPS) is 15.5. The molecule has 0 saturated heterocycles. The van der Waals surface area contributed by atoms with Gasteiger partial charge in [0.25, 0.3) is 5.56 Å². The Morgan fingerprint density at radius 1 is 1.26 bits per heavy atom. The molecular formula is C19H18N2OS. The zero-order valence-electron chi connectivity index (χ0n) is 13.5. The van der Waals surface area contributed by atoms with Crippen molar-refractivity contribution in [2.75, 3.05) is 0 Å². The lowest BCUT2D eigenvalue weighted by molar-refractivity contribution is 0.726. The Bertz CT molecular complexity index is 1020. The second kappa shape index (κ2) is 5.17. The number of benzene rings is 1. The van der Waals surface area contributed by atoms with E-state index >= 15 is 0 Å². The number of rotatable bonds is 1. The molecule has 3 aromatic rings. The zero-order chi connectivity index (χ0) is 16.1. The van der Waals surface area contributed by atoms with Crippen LogP contribution in [0.5, 0.6) is 0 Å². The smallest absolute Gasteiger partial charge is 0.262 e. The van der Waals surface area contributed by atoms with E-state index in [1.807, 2.05) is 11.5 Å². The summed E-state index contributed by atoms with van der Waals surface area (Å²) in [6.07, 6.45) is 3.03. The molecule has 116 valence electrons. The molecule has 0 unspecified atom stereocenters. The van der Waals surface area contributed by atoms with Crippen LogP contribution in [-0.4, -0.2) is 9.55 Å². The fourth-order valence-corrected chi connectivity index (χ4v) is 4.24. The molecular weight excluding hydrogens is 304 g/mol. The Hall–Kier alpha value is -2.20. The molecule has 3 heterocycles. The molecule has 0 atom stereocenters. The van der Waals surface area contributed by atoms with Crippen LogP contribution in [0.4, 0.5) is 0 Å². The van der Waals surface area contributed by atoms with Crippen LogP contribution >= 0.6 is 11.3 Å². The van der Waals surface area contributed by atoms with E-state index in [4.69, 9.17) is 4.98 Å². The van der Waals surface area contributed by atoms with E-state index in [-0.39, 0.29) is 5.56 Å². The second-order valence-corrected chi connectivity index (χ2v) is 7.39. The quantitative estimate of drug-likeness (QED) is 0.668. The number of fused-ring (bicyclic) bond motifs is 2. The number of allylic oxidation sites excluding steroid dienone is 1. The molecule has 3 nitrogen and oxygen atoms in total. The maximum atomic E-state index is 12.8. The Morgan fingerprint density at radius 2 is 2.09 bits per heavy atom. The summed E-state index contributed by atoms with van der Waals surface area (Å²) in [5.74, 6) is 0.838. The van der Waals surface area contributed by atoms with Gasteiger partial charge in [-0.15, -0.1) is 11.3 Å². The van der Waals surface area contributed by atoms with Gasteiger partial charge in [0.15, 0.2) is 0 Å². The van der Waals surface area contributed by atoms with Gasteiger partial charge in [0.05, 0.1) is 5.39 Å². The van der Waals surface area contributed by atoms with Gasteiger partial charge in [0, 0.05) is 11.4 Å². The lowest BCUT2D eigenvalue weighted by Gasteiger charge is -2.04. The van der Waals surface area contributed by atoms with Crippen LogP contribution in [0.15, 0.2) is 29.1 Å². The number of aryl methyl sites for hydroxylation is 3. The highest BCUT2D eigenvalue weighted by atomic mass is 32.1. The molecule has 0 amide bonds. The predicted octanol–water partition coefficient (Wildman–Crippen LogP) is 4.33. The van der Waals surface area contributed by atoms with E-state index in [2.05, 4.69) is 44.2 Å². The second-order valence-electron chi connectivity index (χ2n) is 6.19. The Balaban J connectivity index is 1.92. The molecule has 0 spiro atoms. The van der Waals surface area contributed by atoms with Crippen molar-refractivity contribution in [1.82, 2.24) is 9.55 Å². The summed E-state index contributed by atoms with van der Waals surface area (Å²) in [6, 6.07) is 8.41. The van der Waals surface area contributed by atoms with E-state index in [9.17, 15) is 4.79 Å². The third-order valence-corrected chi connectivity index (χ3v) is 5.66. The van der Waals surface area contributed by atoms with E-state index in [1.54, 1.807) is 11.3 Å².